The highest BCUT2D eigenvalue weighted by Crippen LogP contribution is 2.28. The van der Waals surface area contributed by atoms with Crippen molar-refractivity contribution in [3.05, 3.63) is 23.8 Å². The van der Waals surface area contributed by atoms with Crippen molar-refractivity contribution in [2.45, 2.75) is 13.0 Å². The molecule has 1 aromatic rings. The van der Waals surface area contributed by atoms with Gasteiger partial charge in [0.2, 0.25) is 0 Å². The topological polar surface area (TPSA) is 65.0 Å². The largest absolute Gasteiger partial charge is 0.493 e. The molecular weight excluding hydrogens is 224 g/mol. The van der Waals surface area contributed by atoms with Gasteiger partial charge in [-0.25, -0.2) is 4.79 Å². The van der Waals surface area contributed by atoms with Crippen molar-refractivity contribution in [2.24, 2.45) is 0 Å². The van der Waals surface area contributed by atoms with Crippen LogP contribution in [-0.2, 0) is 4.74 Å². The molecule has 0 aliphatic heterocycles. The first-order valence-electron chi connectivity index (χ1n) is 5.15. The van der Waals surface area contributed by atoms with Crippen molar-refractivity contribution >= 4 is 5.97 Å². The number of carboxylic acids is 1. The summed E-state index contributed by atoms with van der Waals surface area (Å²) in [5.41, 5.74) is 0.161. The smallest absolute Gasteiger partial charge is 0.335 e. The van der Waals surface area contributed by atoms with E-state index in [1.54, 1.807) is 13.2 Å². The lowest BCUT2D eigenvalue weighted by atomic mass is 10.2. The molecule has 17 heavy (non-hydrogen) atoms. The lowest BCUT2D eigenvalue weighted by Gasteiger charge is -2.14. The first-order chi connectivity index (χ1) is 8.08. The van der Waals surface area contributed by atoms with Gasteiger partial charge in [0.25, 0.3) is 0 Å². The summed E-state index contributed by atoms with van der Waals surface area (Å²) in [6.45, 7) is 2.25. The minimum atomic E-state index is -1.000. The van der Waals surface area contributed by atoms with Gasteiger partial charge in [0, 0.05) is 7.11 Å². The molecule has 1 unspecified atom stereocenters. The summed E-state index contributed by atoms with van der Waals surface area (Å²) in [5, 5.41) is 8.84. The van der Waals surface area contributed by atoms with Crippen LogP contribution in [-0.4, -0.2) is 38.0 Å². The van der Waals surface area contributed by atoms with Crippen molar-refractivity contribution < 1.29 is 24.1 Å². The van der Waals surface area contributed by atoms with Crippen molar-refractivity contribution in [1.82, 2.24) is 0 Å². The van der Waals surface area contributed by atoms with Gasteiger partial charge >= 0.3 is 5.97 Å². The number of hydrogen-bond acceptors (Lipinski definition) is 4. The van der Waals surface area contributed by atoms with Crippen LogP contribution < -0.4 is 9.47 Å². The molecule has 1 atom stereocenters. The quantitative estimate of drug-likeness (QED) is 0.821. The molecule has 1 N–H and O–H groups in total. The lowest BCUT2D eigenvalue weighted by molar-refractivity contribution is 0.0688. The Kier molecular flexibility index (Phi) is 4.78. The summed E-state index contributed by atoms with van der Waals surface area (Å²) in [7, 11) is 3.06. The number of carboxylic acid groups (broad SMARTS) is 1. The van der Waals surface area contributed by atoms with Crippen LogP contribution in [0, 0.1) is 0 Å². The summed E-state index contributed by atoms with van der Waals surface area (Å²) in [6.07, 6.45) is -0.0427. The van der Waals surface area contributed by atoms with Crippen LogP contribution >= 0.6 is 0 Å². The molecule has 94 valence electrons. The number of methoxy groups -OCH3 is 2. The van der Waals surface area contributed by atoms with Crippen LogP contribution in [0.2, 0.25) is 0 Å². The molecule has 0 amide bonds. The number of aromatic carboxylic acids is 1. The fraction of sp³-hybridized carbons (Fsp3) is 0.417. The van der Waals surface area contributed by atoms with Gasteiger partial charge in [0.15, 0.2) is 11.5 Å². The summed E-state index contributed by atoms with van der Waals surface area (Å²) >= 11 is 0. The first-order valence-corrected chi connectivity index (χ1v) is 5.15. The highest BCUT2D eigenvalue weighted by molar-refractivity contribution is 5.88. The van der Waals surface area contributed by atoms with E-state index < -0.39 is 5.97 Å². The van der Waals surface area contributed by atoms with Gasteiger partial charge in [-0.3, -0.25) is 0 Å². The second kappa shape index (κ2) is 6.10. The maximum atomic E-state index is 10.8. The standard InChI is InChI=1S/C12H16O5/c1-8(15-2)7-17-10-5-4-9(12(13)14)6-11(10)16-3/h4-6,8H,7H2,1-3H3,(H,13,14). The van der Waals surface area contributed by atoms with Gasteiger partial charge in [0.1, 0.15) is 6.61 Å². The van der Waals surface area contributed by atoms with Crippen LogP contribution in [0.5, 0.6) is 11.5 Å². The van der Waals surface area contributed by atoms with Gasteiger partial charge in [-0.1, -0.05) is 0 Å². The van der Waals surface area contributed by atoms with Gasteiger partial charge < -0.3 is 19.3 Å². The third kappa shape index (κ3) is 3.64. The molecule has 0 aromatic heterocycles. The predicted octanol–water partition coefficient (Wildman–Crippen LogP) is 1.81. The Morgan fingerprint density at radius 2 is 2.06 bits per heavy atom. The average molecular weight is 240 g/mol. The third-order valence-electron chi connectivity index (χ3n) is 2.29. The molecule has 0 aliphatic carbocycles. The predicted molar refractivity (Wildman–Crippen MR) is 61.9 cm³/mol. The fourth-order valence-corrected chi connectivity index (χ4v) is 1.20. The number of ether oxygens (including phenoxy) is 3. The van der Waals surface area contributed by atoms with Gasteiger partial charge in [0.05, 0.1) is 18.8 Å². The van der Waals surface area contributed by atoms with E-state index in [2.05, 4.69) is 0 Å². The maximum Gasteiger partial charge on any atom is 0.335 e. The fourth-order valence-electron chi connectivity index (χ4n) is 1.20. The van der Waals surface area contributed by atoms with Crippen LogP contribution in [0.15, 0.2) is 18.2 Å². The Morgan fingerprint density at radius 1 is 1.35 bits per heavy atom. The van der Waals surface area contributed by atoms with E-state index in [4.69, 9.17) is 19.3 Å². The molecule has 5 heteroatoms. The molecule has 0 bridgehead atoms. The molecule has 0 heterocycles. The molecule has 1 rings (SSSR count). The van der Waals surface area contributed by atoms with Crippen LogP contribution in [0.4, 0.5) is 0 Å². The highest BCUT2D eigenvalue weighted by Gasteiger charge is 2.10. The average Bonchev–Trinajstić information content (AvgIpc) is 2.35. The summed E-state index contributed by atoms with van der Waals surface area (Å²) in [5.74, 6) is -0.102. The van der Waals surface area contributed by atoms with E-state index in [0.29, 0.717) is 18.1 Å². The molecule has 0 spiro atoms. The van der Waals surface area contributed by atoms with E-state index in [1.165, 1.54) is 19.2 Å². The number of hydrogen-bond donors (Lipinski definition) is 1. The Morgan fingerprint density at radius 3 is 2.59 bits per heavy atom. The number of rotatable bonds is 6. The number of carbonyl (C=O) groups is 1. The monoisotopic (exact) mass is 240 g/mol. The zero-order valence-corrected chi connectivity index (χ0v) is 10.1. The van der Waals surface area contributed by atoms with E-state index in [-0.39, 0.29) is 11.7 Å². The van der Waals surface area contributed by atoms with Crippen molar-refractivity contribution in [3.8, 4) is 11.5 Å². The van der Waals surface area contributed by atoms with Crippen LogP contribution in [0.1, 0.15) is 17.3 Å². The molecule has 0 saturated carbocycles. The van der Waals surface area contributed by atoms with E-state index in [0.717, 1.165) is 0 Å². The minimum absolute atomic E-state index is 0.0427. The molecular formula is C12H16O5. The highest BCUT2D eigenvalue weighted by atomic mass is 16.5. The van der Waals surface area contributed by atoms with Gasteiger partial charge in [-0.05, 0) is 25.1 Å². The SMILES string of the molecule is COc1cc(C(=O)O)ccc1OCC(C)OC. The zero-order chi connectivity index (χ0) is 12.8. The summed E-state index contributed by atoms with van der Waals surface area (Å²) < 4.78 is 15.6. The molecule has 0 saturated heterocycles. The molecule has 5 nitrogen and oxygen atoms in total. The van der Waals surface area contributed by atoms with Crippen molar-refractivity contribution in [2.75, 3.05) is 20.8 Å². The zero-order valence-electron chi connectivity index (χ0n) is 10.1. The van der Waals surface area contributed by atoms with Crippen LogP contribution in [0.25, 0.3) is 0 Å². The molecule has 0 radical (unpaired) electrons. The maximum absolute atomic E-state index is 10.8. The van der Waals surface area contributed by atoms with Crippen molar-refractivity contribution in [3.63, 3.8) is 0 Å². The number of benzene rings is 1. The summed E-state index contributed by atoms with van der Waals surface area (Å²) in [6, 6.07) is 4.47. The first kappa shape index (κ1) is 13.3. The minimum Gasteiger partial charge on any atom is -0.493 e. The van der Waals surface area contributed by atoms with Crippen molar-refractivity contribution in [1.29, 1.82) is 0 Å². The van der Waals surface area contributed by atoms with E-state index >= 15 is 0 Å². The Balaban J connectivity index is 2.82. The Bertz CT molecular complexity index is 388. The Labute approximate surface area is 99.9 Å². The second-order valence-electron chi connectivity index (χ2n) is 3.53. The third-order valence-corrected chi connectivity index (χ3v) is 2.29. The normalized spacial score (nSPS) is 11.9. The van der Waals surface area contributed by atoms with Crippen LogP contribution in [0.3, 0.4) is 0 Å². The van der Waals surface area contributed by atoms with Gasteiger partial charge in [-0.15, -0.1) is 0 Å². The van der Waals surface area contributed by atoms with E-state index in [1.807, 2.05) is 6.92 Å². The second-order valence-corrected chi connectivity index (χ2v) is 3.53. The van der Waals surface area contributed by atoms with Gasteiger partial charge in [-0.2, -0.15) is 0 Å². The van der Waals surface area contributed by atoms with E-state index in [9.17, 15) is 4.79 Å². The lowest BCUT2D eigenvalue weighted by Crippen LogP contribution is -2.16. The molecule has 0 fully saturated rings. The molecule has 1 aromatic carbocycles. The Hall–Kier alpha value is -1.75. The summed E-state index contributed by atoms with van der Waals surface area (Å²) in [4.78, 5) is 10.8. The molecule has 0 aliphatic rings.